The lowest BCUT2D eigenvalue weighted by molar-refractivity contribution is 0.0970. The molecule has 0 aromatic carbocycles. The zero-order chi connectivity index (χ0) is 13.9. The highest BCUT2D eigenvalue weighted by atomic mass is 15.2. The van der Waals surface area contributed by atoms with Gasteiger partial charge in [-0.3, -0.25) is 4.90 Å². The van der Waals surface area contributed by atoms with Gasteiger partial charge in [-0.15, -0.1) is 0 Å². The van der Waals surface area contributed by atoms with Crippen LogP contribution in [0.25, 0.3) is 0 Å². The van der Waals surface area contributed by atoms with Crippen LogP contribution < -0.4 is 5.73 Å². The molecule has 2 N–H and O–H groups in total. The summed E-state index contributed by atoms with van der Waals surface area (Å²) in [5.41, 5.74) is 6.54. The second-order valence-electron chi connectivity index (χ2n) is 6.32. The van der Waals surface area contributed by atoms with Gasteiger partial charge in [0, 0.05) is 37.4 Å². The molecule has 1 saturated heterocycles. The zero-order valence-corrected chi connectivity index (χ0v) is 12.6. The van der Waals surface area contributed by atoms with E-state index < -0.39 is 0 Å². The minimum Gasteiger partial charge on any atom is -0.338 e. The summed E-state index contributed by atoms with van der Waals surface area (Å²) in [5, 5.41) is 0. The normalized spacial score (nSPS) is 20.2. The Labute approximate surface area is 117 Å². The summed E-state index contributed by atoms with van der Waals surface area (Å²) in [6, 6.07) is 0.117. The number of likely N-dealkylation sites (tertiary alicyclic amines) is 1. The van der Waals surface area contributed by atoms with Crippen molar-refractivity contribution in [1.29, 1.82) is 0 Å². The summed E-state index contributed by atoms with van der Waals surface area (Å²) in [5.74, 6) is 1.08. The van der Waals surface area contributed by atoms with Crippen LogP contribution >= 0.6 is 0 Å². The molecule has 1 aliphatic heterocycles. The molecule has 1 unspecified atom stereocenters. The van der Waals surface area contributed by atoms with Crippen LogP contribution in [0.15, 0.2) is 12.4 Å². The van der Waals surface area contributed by atoms with Gasteiger partial charge in [0.05, 0.1) is 0 Å². The van der Waals surface area contributed by atoms with Gasteiger partial charge in [0.15, 0.2) is 0 Å². The molecule has 0 amide bonds. The fourth-order valence-corrected chi connectivity index (χ4v) is 2.92. The Kier molecular flexibility index (Phi) is 4.63. The van der Waals surface area contributed by atoms with Crippen molar-refractivity contribution >= 4 is 0 Å². The second-order valence-corrected chi connectivity index (χ2v) is 6.32. The van der Waals surface area contributed by atoms with Crippen molar-refractivity contribution in [3.8, 4) is 0 Å². The van der Waals surface area contributed by atoms with Gasteiger partial charge in [-0.1, -0.05) is 12.8 Å². The van der Waals surface area contributed by atoms with Crippen molar-refractivity contribution < 1.29 is 0 Å². The first-order chi connectivity index (χ1) is 9.01. The molecule has 4 nitrogen and oxygen atoms in total. The molecule has 0 aliphatic carbocycles. The Balaban J connectivity index is 2.02. The number of aryl methyl sites for hydroxylation is 1. The maximum absolute atomic E-state index is 6.50. The van der Waals surface area contributed by atoms with Crippen molar-refractivity contribution in [2.24, 2.45) is 12.8 Å². The maximum atomic E-state index is 6.50. The number of rotatable bonds is 4. The molecule has 1 aromatic heterocycles. The standard InChI is InChI=1S/C15H28N4/c1-15(2,19-9-6-4-5-7-10-19)13(16)12-14-17-8-11-18(14)3/h8,11,13H,4-7,9-10,12,16H2,1-3H3. The highest BCUT2D eigenvalue weighted by Gasteiger charge is 2.33. The quantitative estimate of drug-likeness (QED) is 0.904. The number of hydrogen-bond donors (Lipinski definition) is 1. The predicted molar refractivity (Wildman–Crippen MR) is 79.0 cm³/mol. The molecule has 0 saturated carbocycles. The third-order valence-corrected chi connectivity index (χ3v) is 4.65. The minimum absolute atomic E-state index is 0.0380. The van der Waals surface area contributed by atoms with E-state index in [1.165, 1.54) is 38.8 Å². The number of hydrogen-bond acceptors (Lipinski definition) is 3. The lowest BCUT2D eigenvalue weighted by Gasteiger charge is -2.42. The van der Waals surface area contributed by atoms with Gasteiger partial charge in [0.25, 0.3) is 0 Å². The first kappa shape index (κ1) is 14.5. The average molecular weight is 264 g/mol. The smallest absolute Gasteiger partial charge is 0.109 e. The minimum atomic E-state index is 0.0380. The van der Waals surface area contributed by atoms with Crippen LogP contribution in [0, 0.1) is 0 Å². The number of imidazole rings is 1. The van der Waals surface area contributed by atoms with Gasteiger partial charge in [0.1, 0.15) is 5.82 Å². The molecule has 0 spiro atoms. The molecular weight excluding hydrogens is 236 g/mol. The summed E-state index contributed by atoms with van der Waals surface area (Å²) in [6.07, 6.45) is 10.0. The first-order valence-corrected chi connectivity index (χ1v) is 7.48. The van der Waals surface area contributed by atoms with E-state index in [4.69, 9.17) is 5.73 Å². The van der Waals surface area contributed by atoms with Crippen LogP contribution in [0.2, 0.25) is 0 Å². The molecule has 4 heteroatoms. The lowest BCUT2D eigenvalue weighted by Crippen LogP contribution is -2.57. The van der Waals surface area contributed by atoms with Gasteiger partial charge in [-0.05, 0) is 39.8 Å². The van der Waals surface area contributed by atoms with Crippen molar-refractivity contribution in [3.05, 3.63) is 18.2 Å². The SMILES string of the molecule is Cn1ccnc1CC(N)C(C)(C)N1CCCCCC1. The van der Waals surface area contributed by atoms with Gasteiger partial charge in [-0.25, -0.2) is 4.98 Å². The molecule has 0 radical (unpaired) electrons. The topological polar surface area (TPSA) is 47.1 Å². The summed E-state index contributed by atoms with van der Waals surface area (Å²) in [6.45, 7) is 6.93. The van der Waals surface area contributed by atoms with Gasteiger partial charge in [0.2, 0.25) is 0 Å². The second kappa shape index (κ2) is 6.06. The van der Waals surface area contributed by atoms with Crippen molar-refractivity contribution in [1.82, 2.24) is 14.5 Å². The maximum Gasteiger partial charge on any atom is 0.109 e. The summed E-state index contributed by atoms with van der Waals surface area (Å²) in [4.78, 5) is 6.97. The van der Waals surface area contributed by atoms with E-state index in [0.717, 1.165) is 12.2 Å². The van der Waals surface area contributed by atoms with Gasteiger partial charge < -0.3 is 10.3 Å². The number of nitrogens with zero attached hydrogens (tertiary/aromatic N) is 3. The predicted octanol–water partition coefficient (Wildman–Crippen LogP) is 1.94. The van der Waals surface area contributed by atoms with Crippen LogP contribution in [0.1, 0.15) is 45.4 Å². The molecule has 108 valence electrons. The van der Waals surface area contributed by atoms with Crippen molar-refractivity contribution in [3.63, 3.8) is 0 Å². The third kappa shape index (κ3) is 3.37. The molecule has 1 atom stereocenters. The molecule has 1 fully saturated rings. The molecule has 2 heterocycles. The van der Waals surface area contributed by atoms with E-state index in [9.17, 15) is 0 Å². The van der Waals surface area contributed by atoms with Crippen LogP contribution in [0.5, 0.6) is 0 Å². The third-order valence-electron chi connectivity index (χ3n) is 4.65. The summed E-state index contributed by atoms with van der Waals surface area (Å²) >= 11 is 0. The molecular formula is C15H28N4. The highest BCUT2D eigenvalue weighted by Crippen LogP contribution is 2.24. The van der Waals surface area contributed by atoms with Crippen LogP contribution in [-0.2, 0) is 13.5 Å². The summed E-state index contributed by atoms with van der Waals surface area (Å²) in [7, 11) is 2.04. The fourth-order valence-electron chi connectivity index (χ4n) is 2.92. The summed E-state index contributed by atoms with van der Waals surface area (Å²) < 4.78 is 2.07. The van der Waals surface area contributed by atoms with E-state index in [1.807, 2.05) is 19.4 Å². The zero-order valence-electron chi connectivity index (χ0n) is 12.6. The Morgan fingerprint density at radius 3 is 2.42 bits per heavy atom. The number of nitrogens with two attached hydrogens (primary N) is 1. The number of aromatic nitrogens is 2. The Morgan fingerprint density at radius 1 is 1.26 bits per heavy atom. The Morgan fingerprint density at radius 2 is 1.89 bits per heavy atom. The Hall–Kier alpha value is -0.870. The monoisotopic (exact) mass is 264 g/mol. The average Bonchev–Trinajstić information content (AvgIpc) is 2.64. The van der Waals surface area contributed by atoms with Gasteiger partial charge >= 0.3 is 0 Å². The van der Waals surface area contributed by atoms with Crippen molar-refractivity contribution in [2.45, 2.75) is 57.5 Å². The lowest BCUT2D eigenvalue weighted by atomic mass is 9.90. The van der Waals surface area contributed by atoms with Gasteiger partial charge in [-0.2, -0.15) is 0 Å². The molecule has 0 bridgehead atoms. The Bertz CT molecular complexity index is 389. The van der Waals surface area contributed by atoms with Crippen LogP contribution in [0.3, 0.4) is 0 Å². The molecule has 19 heavy (non-hydrogen) atoms. The largest absolute Gasteiger partial charge is 0.338 e. The van der Waals surface area contributed by atoms with E-state index >= 15 is 0 Å². The van der Waals surface area contributed by atoms with E-state index in [2.05, 4.69) is 28.3 Å². The highest BCUT2D eigenvalue weighted by molar-refractivity contribution is 5.01. The van der Waals surface area contributed by atoms with Crippen LogP contribution in [0.4, 0.5) is 0 Å². The van der Waals surface area contributed by atoms with Crippen LogP contribution in [-0.4, -0.2) is 39.1 Å². The molecule has 2 rings (SSSR count). The first-order valence-electron chi connectivity index (χ1n) is 7.48. The van der Waals surface area contributed by atoms with E-state index in [1.54, 1.807) is 0 Å². The van der Waals surface area contributed by atoms with E-state index in [0.29, 0.717) is 0 Å². The van der Waals surface area contributed by atoms with E-state index in [-0.39, 0.29) is 11.6 Å². The van der Waals surface area contributed by atoms with Crippen molar-refractivity contribution in [2.75, 3.05) is 13.1 Å². The fraction of sp³-hybridized carbons (Fsp3) is 0.800. The molecule has 1 aliphatic rings. The molecule has 1 aromatic rings.